The van der Waals surface area contributed by atoms with Gasteiger partial charge in [0.25, 0.3) is 0 Å². The third kappa shape index (κ3) is 2.06. The SMILES string of the molecule is Cn1nc(CC(=O)C(C)(N)C2CC2)c2ccccc21. The van der Waals surface area contributed by atoms with Crippen molar-refractivity contribution in [3.63, 3.8) is 0 Å². The van der Waals surface area contributed by atoms with E-state index in [1.165, 1.54) is 0 Å². The first-order chi connectivity index (χ1) is 9.00. The molecule has 1 heterocycles. The average molecular weight is 257 g/mol. The number of hydrogen-bond donors (Lipinski definition) is 1. The predicted octanol–water partition coefficient (Wildman–Crippen LogP) is 1.81. The fourth-order valence-electron chi connectivity index (χ4n) is 2.67. The number of ketones is 1. The van der Waals surface area contributed by atoms with Crippen molar-refractivity contribution in [1.29, 1.82) is 0 Å². The Morgan fingerprint density at radius 2 is 2.16 bits per heavy atom. The van der Waals surface area contributed by atoms with Crippen molar-refractivity contribution in [3.8, 4) is 0 Å². The molecule has 1 saturated carbocycles. The second kappa shape index (κ2) is 4.17. The molecule has 1 aromatic heterocycles. The van der Waals surface area contributed by atoms with Crippen LogP contribution < -0.4 is 5.73 Å². The molecule has 0 amide bonds. The number of fused-ring (bicyclic) bond motifs is 1. The Bertz CT molecular complexity index is 638. The second-order valence-corrected chi connectivity index (χ2v) is 5.74. The first kappa shape index (κ1) is 12.4. The van der Waals surface area contributed by atoms with Crippen molar-refractivity contribution in [3.05, 3.63) is 30.0 Å². The molecule has 0 radical (unpaired) electrons. The first-order valence-electron chi connectivity index (χ1n) is 6.73. The highest BCUT2D eigenvalue weighted by Crippen LogP contribution is 2.39. The number of para-hydroxylation sites is 1. The minimum Gasteiger partial charge on any atom is -0.319 e. The van der Waals surface area contributed by atoms with E-state index in [9.17, 15) is 4.79 Å². The first-order valence-corrected chi connectivity index (χ1v) is 6.73. The van der Waals surface area contributed by atoms with Crippen LogP contribution in [0.4, 0.5) is 0 Å². The van der Waals surface area contributed by atoms with Crippen molar-refractivity contribution in [2.24, 2.45) is 18.7 Å². The van der Waals surface area contributed by atoms with Gasteiger partial charge in [0, 0.05) is 12.4 Å². The van der Waals surface area contributed by atoms with E-state index in [-0.39, 0.29) is 5.78 Å². The Hall–Kier alpha value is -1.68. The van der Waals surface area contributed by atoms with Crippen LogP contribution in [-0.4, -0.2) is 21.1 Å². The molecule has 4 nitrogen and oxygen atoms in total. The fourth-order valence-corrected chi connectivity index (χ4v) is 2.67. The molecule has 1 aliphatic carbocycles. The zero-order valence-corrected chi connectivity index (χ0v) is 11.4. The number of aromatic nitrogens is 2. The third-order valence-corrected chi connectivity index (χ3v) is 4.19. The molecule has 19 heavy (non-hydrogen) atoms. The van der Waals surface area contributed by atoms with Gasteiger partial charge >= 0.3 is 0 Å². The summed E-state index contributed by atoms with van der Waals surface area (Å²) in [5.74, 6) is 0.453. The highest BCUT2D eigenvalue weighted by molar-refractivity contribution is 5.93. The fraction of sp³-hybridized carbons (Fsp3) is 0.467. The molecule has 0 saturated heterocycles. The molecule has 0 aliphatic heterocycles. The topological polar surface area (TPSA) is 60.9 Å². The van der Waals surface area contributed by atoms with Crippen LogP contribution >= 0.6 is 0 Å². The van der Waals surface area contributed by atoms with Gasteiger partial charge < -0.3 is 5.73 Å². The van der Waals surface area contributed by atoms with E-state index in [4.69, 9.17) is 5.73 Å². The Morgan fingerprint density at radius 3 is 2.84 bits per heavy atom. The molecule has 2 N–H and O–H groups in total. The van der Waals surface area contributed by atoms with Gasteiger partial charge in [0.2, 0.25) is 0 Å². The molecule has 1 unspecified atom stereocenters. The van der Waals surface area contributed by atoms with Gasteiger partial charge in [-0.2, -0.15) is 5.10 Å². The Kier molecular flexibility index (Phi) is 2.71. The molecular formula is C15H19N3O. The average Bonchev–Trinajstić information content (AvgIpc) is 3.18. The van der Waals surface area contributed by atoms with Crippen LogP contribution in [0.2, 0.25) is 0 Å². The zero-order valence-electron chi connectivity index (χ0n) is 11.4. The van der Waals surface area contributed by atoms with Crippen molar-refractivity contribution in [2.75, 3.05) is 0 Å². The molecule has 1 fully saturated rings. The number of benzene rings is 1. The summed E-state index contributed by atoms with van der Waals surface area (Å²) in [7, 11) is 1.90. The van der Waals surface area contributed by atoms with Crippen LogP contribution in [0.15, 0.2) is 24.3 Å². The van der Waals surface area contributed by atoms with E-state index < -0.39 is 5.54 Å². The summed E-state index contributed by atoms with van der Waals surface area (Å²) in [6, 6.07) is 7.97. The highest BCUT2D eigenvalue weighted by atomic mass is 16.1. The molecular weight excluding hydrogens is 238 g/mol. The number of aryl methyl sites for hydroxylation is 1. The summed E-state index contributed by atoms with van der Waals surface area (Å²) in [6.07, 6.45) is 2.47. The number of rotatable bonds is 4. The van der Waals surface area contributed by atoms with Crippen molar-refractivity contribution in [2.45, 2.75) is 31.7 Å². The summed E-state index contributed by atoms with van der Waals surface area (Å²) in [5, 5.41) is 5.51. The number of carbonyl (C=O) groups excluding carboxylic acids is 1. The van der Waals surface area contributed by atoms with Crippen LogP contribution in [0.1, 0.15) is 25.5 Å². The summed E-state index contributed by atoms with van der Waals surface area (Å²) < 4.78 is 1.82. The number of hydrogen-bond acceptors (Lipinski definition) is 3. The van der Waals surface area contributed by atoms with Crippen LogP contribution in [0.3, 0.4) is 0 Å². The van der Waals surface area contributed by atoms with E-state index in [1.807, 2.05) is 42.9 Å². The van der Waals surface area contributed by atoms with E-state index in [0.29, 0.717) is 12.3 Å². The Morgan fingerprint density at radius 1 is 1.47 bits per heavy atom. The van der Waals surface area contributed by atoms with Gasteiger partial charge in [0.1, 0.15) is 0 Å². The molecule has 1 aliphatic rings. The van der Waals surface area contributed by atoms with Gasteiger partial charge in [-0.3, -0.25) is 9.48 Å². The third-order valence-electron chi connectivity index (χ3n) is 4.19. The quantitative estimate of drug-likeness (QED) is 0.908. The lowest BCUT2D eigenvalue weighted by atomic mass is 9.89. The maximum Gasteiger partial charge on any atom is 0.158 e. The van der Waals surface area contributed by atoms with Gasteiger partial charge in [0.05, 0.1) is 23.2 Å². The molecule has 4 heteroatoms. The zero-order chi connectivity index (χ0) is 13.6. The lowest BCUT2D eigenvalue weighted by Gasteiger charge is -2.22. The highest BCUT2D eigenvalue weighted by Gasteiger charge is 2.43. The minimum absolute atomic E-state index is 0.0962. The minimum atomic E-state index is -0.696. The molecule has 0 bridgehead atoms. The van der Waals surface area contributed by atoms with Crippen LogP contribution in [-0.2, 0) is 18.3 Å². The van der Waals surface area contributed by atoms with Crippen LogP contribution in [0.25, 0.3) is 10.9 Å². The smallest absolute Gasteiger partial charge is 0.158 e. The largest absolute Gasteiger partial charge is 0.319 e. The molecule has 100 valence electrons. The predicted molar refractivity (Wildman–Crippen MR) is 74.7 cm³/mol. The molecule has 1 atom stereocenters. The lowest BCUT2D eigenvalue weighted by molar-refractivity contribution is -0.123. The Balaban J connectivity index is 1.91. The van der Waals surface area contributed by atoms with Gasteiger partial charge in [0.15, 0.2) is 5.78 Å². The number of nitrogens with zero attached hydrogens (tertiary/aromatic N) is 2. The standard InChI is InChI=1S/C15H19N3O/c1-15(16,10-7-8-10)14(19)9-12-11-5-3-4-6-13(11)18(2)17-12/h3-6,10H,7-9,16H2,1-2H3. The summed E-state index contributed by atoms with van der Waals surface area (Å²) in [5.41, 5.74) is 7.37. The second-order valence-electron chi connectivity index (χ2n) is 5.74. The van der Waals surface area contributed by atoms with Crippen molar-refractivity contribution < 1.29 is 4.79 Å². The molecule has 2 aromatic rings. The maximum atomic E-state index is 12.4. The Labute approximate surface area is 112 Å². The van der Waals surface area contributed by atoms with Crippen molar-refractivity contribution in [1.82, 2.24) is 9.78 Å². The maximum absolute atomic E-state index is 12.4. The van der Waals surface area contributed by atoms with Gasteiger partial charge in [-0.25, -0.2) is 0 Å². The number of carbonyl (C=O) groups is 1. The lowest BCUT2D eigenvalue weighted by Crippen LogP contribution is -2.48. The normalized spacial score (nSPS) is 18.5. The molecule has 1 aromatic carbocycles. The van der Waals surface area contributed by atoms with Crippen molar-refractivity contribution >= 4 is 16.7 Å². The molecule has 3 rings (SSSR count). The van der Waals surface area contributed by atoms with Gasteiger partial charge in [-0.15, -0.1) is 0 Å². The van der Waals surface area contributed by atoms with Crippen LogP contribution in [0.5, 0.6) is 0 Å². The van der Waals surface area contributed by atoms with E-state index in [2.05, 4.69) is 5.10 Å². The van der Waals surface area contributed by atoms with E-state index >= 15 is 0 Å². The molecule has 0 spiro atoms. The summed E-state index contributed by atoms with van der Waals surface area (Å²) in [6.45, 7) is 1.86. The monoisotopic (exact) mass is 257 g/mol. The summed E-state index contributed by atoms with van der Waals surface area (Å²) >= 11 is 0. The number of Topliss-reactive ketones (excluding diaryl/α,β-unsaturated/α-hetero) is 1. The van der Waals surface area contributed by atoms with E-state index in [1.54, 1.807) is 0 Å². The van der Waals surface area contributed by atoms with Gasteiger partial charge in [-0.05, 0) is 31.7 Å². The van der Waals surface area contributed by atoms with E-state index in [0.717, 1.165) is 29.4 Å². The van der Waals surface area contributed by atoms with Crippen LogP contribution in [0, 0.1) is 5.92 Å². The number of nitrogens with two attached hydrogens (primary N) is 1. The summed E-state index contributed by atoms with van der Waals surface area (Å²) in [4.78, 5) is 12.4. The van der Waals surface area contributed by atoms with Gasteiger partial charge in [-0.1, -0.05) is 18.2 Å².